The van der Waals surface area contributed by atoms with Crippen molar-refractivity contribution in [3.8, 4) is 5.75 Å². The number of morpholine rings is 1. The van der Waals surface area contributed by atoms with Crippen molar-refractivity contribution in [1.29, 1.82) is 0 Å². The van der Waals surface area contributed by atoms with E-state index in [1.165, 1.54) is 43.2 Å². The number of benzene rings is 1. The Morgan fingerprint density at radius 1 is 0.949 bits per heavy atom. The summed E-state index contributed by atoms with van der Waals surface area (Å²) in [7, 11) is -2.21. The molecule has 3 fully saturated rings. The van der Waals surface area contributed by atoms with Gasteiger partial charge in [-0.1, -0.05) is 0 Å². The van der Waals surface area contributed by atoms with Crippen molar-refractivity contribution < 1.29 is 27.4 Å². The van der Waals surface area contributed by atoms with Gasteiger partial charge in [-0.15, -0.1) is 0 Å². The SMILES string of the molecule is COc1cc(C)c(S(=O)(=O)N2CCOC[C@H]2COCC(=O)N2CCCN(CCCN3CCCC3)CC2)c(C)c1. The van der Waals surface area contributed by atoms with Gasteiger partial charge < -0.3 is 28.9 Å². The van der Waals surface area contributed by atoms with E-state index in [0.29, 0.717) is 34.9 Å². The summed E-state index contributed by atoms with van der Waals surface area (Å²) in [5, 5.41) is 0. The first-order valence-corrected chi connectivity index (χ1v) is 15.8. The first-order chi connectivity index (χ1) is 18.8. The van der Waals surface area contributed by atoms with E-state index in [-0.39, 0.29) is 32.3 Å². The van der Waals surface area contributed by atoms with Gasteiger partial charge in [-0.2, -0.15) is 4.31 Å². The molecule has 1 amide bonds. The van der Waals surface area contributed by atoms with Crippen LogP contribution in [0.5, 0.6) is 5.75 Å². The van der Waals surface area contributed by atoms with Gasteiger partial charge in [0.15, 0.2) is 0 Å². The highest BCUT2D eigenvalue weighted by molar-refractivity contribution is 7.89. The zero-order chi connectivity index (χ0) is 27.8. The van der Waals surface area contributed by atoms with Crippen molar-refractivity contribution in [3.63, 3.8) is 0 Å². The second-order valence-electron chi connectivity index (χ2n) is 10.9. The lowest BCUT2D eigenvalue weighted by Crippen LogP contribution is -2.51. The highest BCUT2D eigenvalue weighted by atomic mass is 32.2. The molecule has 0 radical (unpaired) electrons. The Morgan fingerprint density at radius 3 is 2.31 bits per heavy atom. The van der Waals surface area contributed by atoms with Crippen LogP contribution < -0.4 is 4.74 Å². The van der Waals surface area contributed by atoms with E-state index in [2.05, 4.69) is 9.80 Å². The number of ether oxygens (including phenoxy) is 3. The van der Waals surface area contributed by atoms with Crippen LogP contribution in [0.3, 0.4) is 0 Å². The van der Waals surface area contributed by atoms with E-state index >= 15 is 0 Å². The summed E-state index contributed by atoms with van der Waals surface area (Å²) >= 11 is 0. The predicted octanol–water partition coefficient (Wildman–Crippen LogP) is 1.74. The molecule has 3 aliphatic heterocycles. The number of methoxy groups -OCH3 is 1. The van der Waals surface area contributed by atoms with Gasteiger partial charge in [-0.25, -0.2) is 8.42 Å². The normalized spacial score (nSPS) is 22.2. The third-order valence-corrected chi connectivity index (χ3v) is 10.3. The number of likely N-dealkylation sites (tertiary alicyclic amines) is 1. The maximum Gasteiger partial charge on any atom is 0.248 e. The zero-order valence-corrected chi connectivity index (χ0v) is 24.7. The number of sulfonamides is 1. The molecule has 4 rings (SSSR count). The predicted molar refractivity (Wildman–Crippen MR) is 150 cm³/mol. The van der Waals surface area contributed by atoms with E-state index in [4.69, 9.17) is 14.2 Å². The summed E-state index contributed by atoms with van der Waals surface area (Å²) in [5.74, 6) is 0.588. The topological polar surface area (TPSA) is 91.9 Å². The van der Waals surface area contributed by atoms with Crippen LogP contribution in [-0.4, -0.2) is 132 Å². The molecule has 0 unspecified atom stereocenters. The lowest BCUT2D eigenvalue weighted by Gasteiger charge is -2.35. The third-order valence-electron chi connectivity index (χ3n) is 8.03. The van der Waals surface area contributed by atoms with E-state index in [9.17, 15) is 13.2 Å². The molecule has 0 aromatic heterocycles. The molecule has 3 aliphatic rings. The molecular weight excluding hydrogens is 520 g/mol. The molecule has 1 aromatic carbocycles. The molecule has 3 heterocycles. The van der Waals surface area contributed by atoms with Crippen LogP contribution in [0.2, 0.25) is 0 Å². The number of nitrogens with zero attached hydrogens (tertiary/aromatic N) is 4. The van der Waals surface area contributed by atoms with Crippen molar-refractivity contribution >= 4 is 15.9 Å². The standard InChI is InChI=1S/C28H46N4O6S/c1-23-18-26(36-3)19-24(2)28(23)39(34,35)32-16-17-37-20-25(32)21-38-22-27(33)31-13-7-12-30(14-15-31)11-6-10-29-8-4-5-9-29/h18-19,25H,4-17,20-22H2,1-3H3/t25-/m0/s1. The third kappa shape index (κ3) is 7.92. The Morgan fingerprint density at radius 2 is 1.62 bits per heavy atom. The molecule has 0 saturated carbocycles. The number of hydrogen-bond acceptors (Lipinski definition) is 8. The molecular formula is C28H46N4O6S. The van der Waals surface area contributed by atoms with Crippen LogP contribution in [0.15, 0.2) is 17.0 Å². The smallest absolute Gasteiger partial charge is 0.248 e. The van der Waals surface area contributed by atoms with Crippen LogP contribution in [0.4, 0.5) is 0 Å². The number of hydrogen-bond donors (Lipinski definition) is 0. The molecule has 11 heteroatoms. The fourth-order valence-electron chi connectivity index (χ4n) is 5.98. The molecule has 10 nitrogen and oxygen atoms in total. The van der Waals surface area contributed by atoms with Gasteiger partial charge in [0.25, 0.3) is 0 Å². The first-order valence-electron chi connectivity index (χ1n) is 14.3. The molecule has 220 valence electrons. The van der Waals surface area contributed by atoms with E-state index < -0.39 is 16.1 Å². The van der Waals surface area contributed by atoms with Crippen molar-refractivity contribution in [1.82, 2.24) is 19.0 Å². The van der Waals surface area contributed by atoms with Crippen molar-refractivity contribution in [2.24, 2.45) is 0 Å². The Kier molecular flexibility index (Phi) is 11.0. The Hall–Kier alpha value is -1.76. The first kappa shape index (κ1) is 30.2. The molecule has 39 heavy (non-hydrogen) atoms. The van der Waals surface area contributed by atoms with E-state index in [1.54, 1.807) is 33.1 Å². The van der Waals surface area contributed by atoms with Gasteiger partial charge in [0.1, 0.15) is 12.4 Å². The van der Waals surface area contributed by atoms with Crippen molar-refractivity contribution in [3.05, 3.63) is 23.3 Å². The summed E-state index contributed by atoms with van der Waals surface area (Å²) in [6, 6.07) is 2.98. The van der Waals surface area contributed by atoms with Gasteiger partial charge in [0.2, 0.25) is 15.9 Å². The summed E-state index contributed by atoms with van der Waals surface area (Å²) in [4.78, 5) is 20.1. The highest BCUT2D eigenvalue weighted by Gasteiger charge is 2.36. The Bertz CT molecular complexity index is 1040. The fraction of sp³-hybridized carbons (Fsp3) is 0.750. The van der Waals surface area contributed by atoms with Gasteiger partial charge in [0, 0.05) is 26.2 Å². The molecule has 0 spiro atoms. The Balaban J connectivity index is 1.26. The minimum Gasteiger partial charge on any atom is -0.497 e. The molecule has 1 atom stereocenters. The minimum atomic E-state index is -3.78. The van der Waals surface area contributed by atoms with Crippen LogP contribution in [0.25, 0.3) is 0 Å². The monoisotopic (exact) mass is 566 g/mol. The maximum absolute atomic E-state index is 13.7. The minimum absolute atomic E-state index is 0.0399. The lowest BCUT2D eigenvalue weighted by atomic mass is 10.1. The van der Waals surface area contributed by atoms with Gasteiger partial charge in [0.05, 0.1) is 37.9 Å². The summed E-state index contributed by atoms with van der Waals surface area (Å²) in [5.41, 5.74) is 1.28. The van der Waals surface area contributed by atoms with Crippen molar-refractivity contribution in [2.75, 3.05) is 92.4 Å². The molecule has 0 bridgehead atoms. The maximum atomic E-state index is 13.7. The van der Waals surface area contributed by atoms with Gasteiger partial charge in [-0.05, 0) is 95.5 Å². The number of carbonyl (C=O) groups excluding carboxylic acids is 1. The van der Waals surface area contributed by atoms with Crippen LogP contribution >= 0.6 is 0 Å². The molecule has 1 aromatic rings. The second kappa shape index (κ2) is 14.2. The summed E-state index contributed by atoms with van der Waals surface area (Å²) in [6.07, 6.45) is 4.78. The van der Waals surface area contributed by atoms with Crippen LogP contribution in [-0.2, 0) is 24.3 Å². The van der Waals surface area contributed by atoms with E-state index in [1.807, 2.05) is 4.90 Å². The van der Waals surface area contributed by atoms with Crippen LogP contribution in [0, 0.1) is 13.8 Å². The quantitative estimate of drug-likeness (QED) is 0.400. The molecule has 3 saturated heterocycles. The van der Waals surface area contributed by atoms with E-state index in [0.717, 1.165) is 32.6 Å². The second-order valence-corrected chi connectivity index (χ2v) is 12.8. The lowest BCUT2D eigenvalue weighted by molar-refractivity contribution is -0.137. The molecule has 0 aliphatic carbocycles. The molecule has 0 N–H and O–H groups in total. The zero-order valence-electron chi connectivity index (χ0n) is 23.9. The number of amides is 1. The Labute approximate surface area is 234 Å². The average Bonchev–Trinajstić information content (AvgIpc) is 3.32. The average molecular weight is 567 g/mol. The van der Waals surface area contributed by atoms with Crippen LogP contribution in [0.1, 0.15) is 36.8 Å². The highest BCUT2D eigenvalue weighted by Crippen LogP contribution is 2.30. The van der Waals surface area contributed by atoms with Crippen molar-refractivity contribution in [2.45, 2.75) is 50.5 Å². The number of carbonyl (C=O) groups is 1. The number of rotatable bonds is 11. The summed E-state index contributed by atoms with van der Waals surface area (Å²) in [6.45, 7) is 12.5. The fourth-order valence-corrected chi connectivity index (χ4v) is 7.98. The largest absolute Gasteiger partial charge is 0.497 e. The van der Waals surface area contributed by atoms with Gasteiger partial charge in [-0.3, -0.25) is 4.79 Å². The number of aryl methyl sites for hydroxylation is 2. The summed E-state index contributed by atoms with van der Waals surface area (Å²) < 4.78 is 45.6. The van der Waals surface area contributed by atoms with Gasteiger partial charge >= 0.3 is 0 Å².